The molecular weight excluding hydrogens is 304 g/mol. The van der Waals surface area contributed by atoms with E-state index in [1.165, 1.54) is 0 Å². The Balaban J connectivity index is 1.69. The van der Waals surface area contributed by atoms with Crippen LogP contribution in [0.2, 0.25) is 5.02 Å². The van der Waals surface area contributed by atoms with Crippen molar-refractivity contribution in [1.82, 2.24) is 19.9 Å². The molecule has 0 fully saturated rings. The number of aromatic nitrogens is 3. The van der Waals surface area contributed by atoms with Crippen LogP contribution in [-0.4, -0.2) is 37.5 Å². The number of aliphatic hydroxyl groups excluding tert-OH is 1. The van der Waals surface area contributed by atoms with Crippen molar-refractivity contribution in [2.45, 2.75) is 19.7 Å². The third-order valence-corrected chi connectivity index (χ3v) is 3.84. The van der Waals surface area contributed by atoms with Crippen LogP contribution in [0.5, 0.6) is 0 Å². The van der Waals surface area contributed by atoms with Crippen LogP contribution in [0, 0.1) is 0 Å². The lowest BCUT2D eigenvalue weighted by Gasteiger charge is -2.26. The van der Waals surface area contributed by atoms with Gasteiger partial charge in [0.05, 0.1) is 25.4 Å². The zero-order valence-corrected chi connectivity index (χ0v) is 12.6. The van der Waals surface area contributed by atoms with E-state index in [1.54, 1.807) is 33.9 Å². The van der Waals surface area contributed by atoms with Gasteiger partial charge in [0.2, 0.25) is 5.91 Å². The molecule has 0 saturated heterocycles. The quantitative estimate of drug-likeness (QED) is 0.870. The van der Waals surface area contributed by atoms with E-state index in [-0.39, 0.29) is 12.5 Å². The number of benzene rings is 1. The first-order chi connectivity index (χ1) is 10.7. The van der Waals surface area contributed by atoms with Crippen LogP contribution < -0.4 is 0 Å². The van der Waals surface area contributed by atoms with Crippen LogP contribution in [0.3, 0.4) is 0 Å². The van der Waals surface area contributed by atoms with E-state index in [9.17, 15) is 9.90 Å². The topological polar surface area (TPSA) is 71.2 Å². The normalized spacial score (nSPS) is 14.4. The SMILES string of the molecule is O=C(/C=C/c1ccc(Cl)cc1)N1CCn2nnc(CO)c2C1. The molecule has 0 saturated carbocycles. The summed E-state index contributed by atoms with van der Waals surface area (Å²) in [5, 5.41) is 17.8. The number of aliphatic hydroxyl groups is 1. The molecule has 1 N–H and O–H groups in total. The average Bonchev–Trinajstić information content (AvgIpc) is 2.96. The molecule has 3 rings (SSSR count). The molecule has 1 aliphatic rings. The Kier molecular flexibility index (Phi) is 4.22. The third kappa shape index (κ3) is 3.03. The molecule has 0 bridgehead atoms. The second-order valence-electron chi connectivity index (χ2n) is 5.01. The van der Waals surface area contributed by atoms with E-state index < -0.39 is 0 Å². The van der Waals surface area contributed by atoms with Gasteiger partial charge in [0.25, 0.3) is 0 Å². The standard InChI is InChI=1S/C15H15ClN4O2/c16-12-4-1-11(2-5-12)3-6-15(22)19-7-8-20-14(9-19)13(10-21)17-18-20/h1-6,21H,7-10H2/b6-3+. The molecule has 2 heterocycles. The molecule has 0 atom stereocenters. The average molecular weight is 319 g/mol. The molecule has 6 nitrogen and oxygen atoms in total. The van der Waals surface area contributed by atoms with Gasteiger partial charge in [0, 0.05) is 17.6 Å². The summed E-state index contributed by atoms with van der Waals surface area (Å²) in [6.45, 7) is 1.40. The second-order valence-corrected chi connectivity index (χ2v) is 5.45. The van der Waals surface area contributed by atoms with Gasteiger partial charge in [-0.1, -0.05) is 28.9 Å². The van der Waals surface area contributed by atoms with Crippen LogP contribution in [-0.2, 0) is 24.5 Å². The van der Waals surface area contributed by atoms with Crippen LogP contribution in [0.4, 0.5) is 0 Å². The van der Waals surface area contributed by atoms with Gasteiger partial charge in [-0.3, -0.25) is 4.79 Å². The summed E-state index contributed by atoms with van der Waals surface area (Å²) in [5.74, 6) is -0.0775. The fraction of sp³-hybridized carbons (Fsp3) is 0.267. The van der Waals surface area contributed by atoms with Crippen molar-refractivity contribution in [3.63, 3.8) is 0 Å². The van der Waals surface area contributed by atoms with Crippen LogP contribution >= 0.6 is 11.6 Å². The molecule has 1 aliphatic heterocycles. The van der Waals surface area contributed by atoms with Gasteiger partial charge >= 0.3 is 0 Å². The molecular formula is C15H15ClN4O2. The number of halogens is 1. The number of nitrogens with zero attached hydrogens (tertiary/aromatic N) is 4. The van der Waals surface area contributed by atoms with Crippen LogP contribution in [0.25, 0.3) is 6.08 Å². The summed E-state index contributed by atoms with van der Waals surface area (Å²) in [4.78, 5) is 14.0. The Bertz CT molecular complexity index is 695. The van der Waals surface area contributed by atoms with E-state index in [2.05, 4.69) is 10.3 Å². The van der Waals surface area contributed by atoms with Crippen molar-refractivity contribution >= 4 is 23.6 Å². The summed E-state index contributed by atoms with van der Waals surface area (Å²) in [6.07, 6.45) is 3.30. The minimum Gasteiger partial charge on any atom is -0.390 e. The number of amides is 1. The van der Waals surface area contributed by atoms with Gasteiger partial charge in [0.15, 0.2) is 0 Å². The maximum atomic E-state index is 12.3. The summed E-state index contributed by atoms with van der Waals surface area (Å²) in [6, 6.07) is 7.27. The minimum atomic E-state index is -0.169. The molecule has 1 aromatic heterocycles. The first kappa shape index (κ1) is 14.7. The number of hydrogen-bond acceptors (Lipinski definition) is 4. The summed E-state index contributed by atoms with van der Waals surface area (Å²) in [7, 11) is 0. The van der Waals surface area contributed by atoms with Crippen LogP contribution in [0.15, 0.2) is 30.3 Å². The molecule has 2 aromatic rings. The molecule has 0 spiro atoms. The van der Waals surface area contributed by atoms with Gasteiger partial charge in [0.1, 0.15) is 5.69 Å². The zero-order valence-electron chi connectivity index (χ0n) is 11.8. The molecule has 0 unspecified atom stereocenters. The van der Waals surface area contributed by atoms with Gasteiger partial charge in [-0.2, -0.15) is 0 Å². The number of carbonyl (C=O) groups is 1. The van der Waals surface area contributed by atoms with Crippen molar-refractivity contribution in [2.24, 2.45) is 0 Å². The number of hydrogen-bond donors (Lipinski definition) is 1. The summed E-state index contributed by atoms with van der Waals surface area (Å²) >= 11 is 5.83. The summed E-state index contributed by atoms with van der Waals surface area (Å²) < 4.78 is 1.73. The first-order valence-electron chi connectivity index (χ1n) is 6.92. The number of carbonyl (C=O) groups excluding carboxylic acids is 1. The lowest BCUT2D eigenvalue weighted by Crippen LogP contribution is -2.37. The highest BCUT2D eigenvalue weighted by Gasteiger charge is 2.23. The highest BCUT2D eigenvalue weighted by Crippen LogP contribution is 2.16. The van der Waals surface area contributed by atoms with E-state index in [0.717, 1.165) is 11.3 Å². The molecule has 22 heavy (non-hydrogen) atoms. The highest BCUT2D eigenvalue weighted by molar-refractivity contribution is 6.30. The van der Waals surface area contributed by atoms with E-state index in [1.807, 2.05) is 12.1 Å². The Morgan fingerprint density at radius 2 is 2.09 bits per heavy atom. The monoisotopic (exact) mass is 318 g/mol. The Morgan fingerprint density at radius 3 is 2.82 bits per heavy atom. The van der Waals surface area contributed by atoms with Gasteiger partial charge in [-0.15, -0.1) is 5.10 Å². The second kappa shape index (κ2) is 6.29. The van der Waals surface area contributed by atoms with Crippen LogP contribution in [0.1, 0.15) is 17.0 Å². The molecule has 7 heteroatoms. The van der Waals surface area contributed by atoms with Gasteiger partial charge in [-0.25, -0.2) is 4.68 Å². The minimum absolute atomic E-state index is 0.0775. The lowest BCUT2D eigenvalue weighted by atomic mass is 10.2. The van der Waals surface area contributed by atoms with Crippen molar-refractivity contribution in [2.75, 3.05) is 6.54 Å². The van der Waals surface area contributed by atoms with Crippen molar-refractivity contribution < 1.29 is 9.90 Å². The Labute approximate surface area is 132 Å². The first-order valence-corrected chi connectivity index (χ1v) is 7.30. The fourth-order valence-corrected chi connectivity index (χ4v) is 2.48. The predicted octanol–water partition coefficient (Wildman–Crippen LogP) is 1.48. The lowest BCUT2D eigenvalue weighted by molar-refractivity contribution is -0.127. The third-order valence-electron chi connectivity index (χ3n) is 3.59. The van der Waals surface area contributed by atoms with Crippen molar-refractivity contribution in [1.29, 1.82) is 0 Å². The predicted molar refractivity (Wildman–Crippen MR) is 81.8 cm³/mol. The Morgan fingerprint density at radius 1 is 1.32 bits per heavy atom. The maximum absolute atomic E-state index is 12.3. The van der Waals surface area contributed by atoms with E-state index >= 15 is 0 Å². The number of rotatable bonds is 3. The molecule has 114 valence electrons. The van der Waals surface area contributed by atoms with Gasteiger partial charge in [-0.05, 0) is 23.8 Å². The maximum Gasteiger partial charge on any atom is 0.246 e. The molecule has 0 aliphatic carbocycles. The Hall–Kier alpha value is -2.18. The smallest absolute Gasteiger partial charge is 0.246 e. The van der Waals surface area contributed by atoms with Gasteiger partial charge < -0.3 is 10.0 Å². The zero-order chi connectivity index (χ0) is 15.5. The van der Waals surface area contributed by atoms with E-state index in [4.69, 9.17) is 11.6 Å². The van der Waals surface area contributed by atoms with E-state index in [0.29, 0.717) is 30.4 Å². The number of fused-ring (bicyclic) bond motifs is 1. The molecule has 1 aromatic carbocycles. The van der Waals surface area contributed by atoms with Crippen molar-refractivity contribution in [3.05, 3.63) is 52.3 Å². The molecule has 0 radical (unpaired) electrons. The largest absolute Gasteiger partial charge is 0.390 e. The van der Waals surface area contributed by atoms with Crippen molar-refractivity contribution in [3.8, 4) is 0 Å². The molecule has 1 amide bonds. The fourth-order valence-electron chi connectivity index (χ4n) is 2.35. The highest BCUT2D eigenvalue weighted by atomic mass is 35.5. The summed E-state index contributed by atoms with van der Waals surface area (Å²) in [5.41, 5.74) is 2.23.